The predicted octanol–water partition coefficient (Wildman–Crippen LogP) is 4.71. The van der Waals surface area contributed by atoms with Crippen LogP contribution in [0.4, 0.5) is 0 Å². The first kappa shape index (κ1) is 20.9. The van der Waals surface area contributed by atoms with Gasteiger partial charge in [-0.15, -0.1) is 0 Å². The largest absolute Gasteiger partial charge is 0.488 e. The van der Waals surface area contributed by atoms with Gasteiger partial charge in [0.25, 0.3) is 0 Å². The monoisotopic (exact) mass is 396 g/mol. The average molecular weight is 396 g/mol. The second-order valence-electron chi connectivity index (χ2n) is 8.12. The number of fused-ring (bicyclic) bond motifs is 1. The molecular weight excluding hydrogens is 368 g/mol. The smallest absolute Gasteiger partial charge is 0.310 e. The van der Waals surface area contributed by atoms with Gasteiger partial charge in [0, 0.05) is 12.0 Å². The molecule has 1 heterocycles. The van der Waals surface area contributed by atoms with Gasteiger partial charge >= 0.3 is 5.97 Å². The minimum atomic E-state index is -1.10. The Balaban J connectivity index is 1.84. The van der Waals surface area contributed by atoms with Gasteiger partial charge in [-0.1, -0.05) is 30.3 Å². The number of carboxylic acid groups (broad SMARTS) is 1. The van der Waals surface area contributed by atoms with Gasteiger partial charge in [0.15, 0.2) is 0 Å². The van der Waals surface area contributed by atoms with E-state index >= 15 is 0 Å². The van der Waals surface area contributed by atoms with Crippen LogP contribution in [0.1, 0.15) is 54.0 Å². The highest BCUT2D eigenvalue weighted by Crippen LogP contribution is 2.44. The molecule has 2 aromatic rings. The maximum Gasteiger partial charge on any atom is 0.310 e. The van der Waals surface area contributed by atoms with Gasteiger partial charge in [-0.2, -0.15) is 0 Å². The Morgan fingerprint density at radius 1 is 1.10 bits per heavy atom. The molecule has 1 aliphatic rings. The summed E-state index contributed by atoms with van der Waals surface area (Å²) in [7, 11) is 0. The SMILES string of the molecule is Cc1c(C)c2c(c(C)c1OCc1ccccc1)CC[C@@](C)(CC(=O)CC(=O)O)O2. The molecule has 1 atom stereocenters. The fourth-order valence-electron chi connectivity index (χ4n) is 4.00. The van der Waals surface area contributed by atoms with Crippen molar-refractivity contribution >= 4 is 11.8 Å². The van der Waals surface area contributed by atoms with E-state index in [0.29, 0.717) is 13.0 Å². The molecule has 5 nitrogen and oxygen atoms in total. The van der Waals surface area contributed by atoms with E-state index in [1.807, 2.05) is 58.0 Å². The van der Waals surface area contributed by atoms with Crippen LogP contribution >= 0.6 is 0 Å². The molecule has 0 amide bonds. The van der Waals surface area contributed by atoms with Crippen molar-refractivity contribution in [3.8, 4) is 11.5 Å². The van der Waals surface area contributed by atoms with E-state index in [-0.39, 0.29) is 12.2 Å². The molecule has 0 saturated heterocycles. The van der Waals surface area contributed by atoms with Crippen LogP contribution in [-0.2, 0) is 22.6 Å². The Bertz CT molecular complexity index is 932. The highest BCUT2D eigenvalue weighted by atomic mass is 16.5. The number of aliphatic carboxylic acids is 1. The van der Waals surface area contributed by atoms with E-state index < -0.39 is 18.0 Å². The number of ketones is 1. The first-order valence-electron chi connectivity index (χ1n) is 9.92. The molecule has 0 radical (unpaired) electrons. The van der Waals surface area contributed by atoms with Crippen LogP contribution in [0.15, 0.2) is 30.3 Å². The summed E-state index contributed by atoms with van der Waals surface area (Å²) in [6, 6.07) is 10.1. The molecule has 0 bridgehead atoms. The zero-order valence-corrected chi connectivity index (χ0v) is 17.5. The summed E-state index contributed by atoms with van der Waals surface area (Å²) in [5.41, 5.74) is 4.64. The number of rotatable bonds is 7. The minimum absolute atomic E-state index is 0.0997. The normalized spacial score (nSPS) is 17.9. The third kappa shape index (κ3) is 4.61. The van der Waals surface area contributed by atoms with E-state index in [1.54, 1.807) is 0 Å². The standard InChI is InChI=1S/C24H28O5/c1-15-16(2)23-20(10-11-24(4,29-23)13-19(25)12-21(26)27)17(3)22(15)28-14-18-8-6-5-7-9-18/h5-9H,10-14H2,1-4H3,(H,26,27)/t24-/m0/s1. The second kappa shape index (κ2) is 8.27. The van der Waals surface area contributed by atoms with Crippen LogP contribution < -0.4 is 9.47 Å². The fourth-order valence-corrected chi connectivity index (χ4v) is 4.00. The molecule has 1 N–H and O–H groups in total. The van der Waals surface area contributed by atoms with Gasteiger partial charge in [-0.05, 0) is 62.8 Å². The Labute approximate surface area is 171 Å². The predicted molar refractivity (Wildman–Crippen MR) is 111 cm³/mol. The Morgan fingerprint density at radius 2 is 1.79 bits per heavy atom. The van der Waals surface area contributed by atoms with Crippen molar-refractivity contribution in [1.29, 1.82) is 0 Å². The zero-order valence-electron chi connectivity index (χ0n) is 17.5. The average Bonchev–Trinajstić information content (AvgIpc) is 2.66. The summed E-state index contributed by atoms with van der Waals surface area (Å²) in [4.78, 5) is 22.9. The van der Waals surface area contributed by atoms with Crippen molar-refractivity contribution < 1.29 is 24.2 Å². The van der Waals surface area contributed by atoms with E-state index in [2.05, 4.69) is 0 Å². The minimum Gasteiger partial charge on any atom is -0.488 e. The molecular formula is C24H28O5. The fraction of sp³-hybridized carbons (Fsp3) is 0.417. The molecule has 0 unspecified atom stereocenters. The van der Waals surface area contributed by atoms with E-state index in [1.165, 1.54) is 0 Å². The van der Waals surface area contributed by atoms with Crippen LogP contribution in [0.25, 0.3) is 0 Å². The number of benzene rings is 2. The Hall–Kier alpha value is -2.82. The van der Waals surface area contributed by atoms with Gasteiger partial charge in [0.1, 0.15) is 35.9 Å². The number of hydrogen-bond acceptors (Lipinski definition) is 4. The summed E-state index contributed by atoms with van der Waals surface area (Å²) >= 11 is 0. The highest BCUT2D eigenvalue weighted by molar-refractivity contribution is 5.95. The summed E-state index contributed by atoms with van der Waals surface area (Å²) in [5.74, 6) is 0.290. The van der Waals surface area contributed by atoms with E-state index in [4.69, 9.17) is 14.6 Å². The van der Waals surface area contributed by atoms with Gasteiger partial charge in [-0.25, -0.2) is 0 Å². The summed E-state index contributed by atoms with van der Waals surface area (Å²) in [6.07, 6.45) is 1.06. The maximum atomic E-state index is 12.1. The number of ether oxygens (including phenoxy) is 2. The molecule has 0 aromatic heterocycles. The lowest BCUT2D eigenvalue weighted by Gasteiger charge is -2.38. The first-order chi connectivity index (χ1) is 13.7. The summed E-state index contributed by atoms with van der Waals surface area (Å²) < 4.78 is 12.5. The number of hydrogen-bond donors (Lipinski definition) is 1. The van der Waals surface area contributed by atoms with E-state index in [0.717, 1.165) is 45.7 Å². The second-order valence-corrected chi connectivity index (χ2v) is 8.12. The van der Waals surface area contributed by atoms with Gasteiger partial charge in [-0.3, -0.25) is 9.59 Å². The molecule has 0 aliphatic carbocycles. The number of carbonyl (C=O) groups is 2. The number of Topliss-reactive ketones (excluding diaryl/α,β-unsaturated/α-hetero) is 1. The van der Waals surface area contributed by atoms with Crippen LogP contribution in [0.2, 0.25) is 0 Å². The molecule has 0 spiro atoms. The number of carbonyl (C=O) groups excluding carboxylic acids is 1. The van der Waals surface area contributed by atoms with E-state index in [9.17, 15) is 9.59 Å². The summed E-state index contributed by atoms with van der Waals surface area (Å²) in [5, 5.41) is 8.86. The molecule has 0 saturated carbocycles. The molecule has 154 valence electrons. The van der Waals surface area contributed by atoms with Crippen LogP contribution in [-0.4, -0.2) is 22.5 Å². The first-order valence-corrected chi connectivity index (χ1v) is 9.92. The lowest BCUT2D eigenvalue weighted by molar-refractivity contribution is -0.141. The van der Waals surface area contributed by atoms with Crippen molar-refractivity contribution in [3.63, 3.8) is 0 Å². The Kier molecular flexibility index (Phi) is 5.96. The van der Waals surface area contributed by atoms with Crippen molar-refractivity contribution in [3.05, 3.63) is 58.1 Å². The third-order valence-electron chi connectivity index (χ3n) is 5.71. The lowest BCUT2D eigenvalue weighted by Crippen LogP contribution is -2.39. The molecule has 5 heteroatoms. The van der Waals surface area contributed by atoms with Crippen molar-refractivity contribution in [2.45, 2.75) is 65.6 Å². The summed E-state index contributed by atoms with van der Waals surface area (Å²) in [6.45, 7) is 8.47. The maximum absolute atomic E-state index is 12.1. The van der Waals surface area contributed by atoms with Crippen LogP contribution in [0.3, 0.4) is 0 Å². The Morgan fingerprint density at radius 3 is 2.45 bits per heavy atom. The van der Waals surface area contributed by atoms with Crippen molar-refractivity contribution in [2.75, 3.05) is 0 Å². The van der Waals surface area contributed by atoms with Gasteiger partial charge in [0.2, 0.25) is 0 Å². The molecule has 1 aliphatic heterocycles. The van der Waals surface area contributed by atoms with Crippen molar-refractivity contribution in [1.82, 2.24) is 0 Å². The topological polar surface area (TPSA) is 72.8 Å². The lowest BCUT2D eigenvalue weighted by atomic mass is 9.84. The molecule has 29 heavy (non-hydrogen) atoms. The van der Waals surface area contributed by atoms with Gasteiger partial charge in [0.05, 0.1) is 0 Å². The zero-order chi connectivity index (χ0) is 21.2. The molecule has 0 fully saturated rings. The molecule has 2 aromatic carbocycles. The highest BCUT2D eigenvalue weighted by Gasteiger charge is 2.36. The van der Waals surface area contributed by atoms with Crippen molar-refractivity contribution in [2.24, 2.45) is 0 Å². The van der Waals surface area contributed by atoms with Crippen LogP contribution in [0.5, 0.6) is 11.5 Å². The third-order valence-corrected chi connectivity index (χ3v) is 5.71. The van der Waals surface area contributed by atoms with Crippen LogP contribution in [0, 0.1) is 20.8 Å². The van der Waals surface area contributed by atoms with Gasteiger partial charge < -0.3 is 14.6 Å². The quantitative estimate of drug-likeness (QED) is 0.686. The molecule has 3 rings (SSSR count). The number of carboxylic acids is 1.